The third-order valence-corrected chi connectivity index (χ3v) is 4.61. The number of furan rings is 2. The van der Waals surface area contributed by atoms with E-state index in [1.165, 1.54) is 6.26 Å². The van der Waals surface area contributed by atoms with Crippen LogP contribution in [0.15, 0.2) is 50.6 Å². The Labute approximate surface area is 183 Å². The van der Waals surface area contributed by atoms with Crippen molar-refractivity contribution in [3.05, 3.63) is 48.3 Å². The summed E-state index contributed by atoms with van der Waals surface area (Å²) in [6.07, 6.45) is 6.23. The first-order valence-electron chi connectivity index (χ1n) is 9.66. The molecule has 0 spiro atoms. The van der Waals surface area contributed by atoms with Gasteiger partial charge in [0.15, 0.2) is 11.7 Å². The van der Waals surface area contributed by atoms with E-state index in [1.807, 2.05) is 17.0 Å². The number of rotatable bonds is 7. The van der Waals surface area contributed by atoms with Crippen molar-refractivity contribution < 1.29 is 13.6 Å². The molecule has 0 aliphatic carbocycles. The molecule has 0 aromatic carbocycles. The van der Waals surface area contributed by atoms with Crippen molar-refractivity contribution in [2.24, 2.45) is 4.99 Å². The fourth-order valence-electron chi connectivity index (χ4n) is 3.04. The summed E-state index contributed by atoms with van der Waals surface area (Å²) < 4.78 is 10.6. The molecule has 0 unspecified atom stereocenters. The van der Waals surface area contributed by atoms with Gasteiger partial charge in [0.25, 0.3) is 5.91 Å². The second-order valence-corrected chi connectivity index (χ2v) is 6.57. The second-order valence-electron chi connectivity index (χ2n) is 6.57. The fraction of sp³-hybridized carbons (Fsp3) is 0.500. The van der Waals surface area contributed by atoms with Gasteiger partial charge < -0.3 is 24.0 Å². The van der Waals surface area contributed by atoms with E-state index in [1.54, 1.807) is 18.4 Å². The monoisotopic (exact) mass is 500 g/mol. The summed E-state index contributed by atoms with van der Waals surface area (Å²) in [5.74, 6) is 2.23. The van der Waals surface area contributed by atoms with Crippen LogP contribution in [0.1, 0.15) is 36.1 Å². The summed E-state index contributed by atoms with van der Waals surface area (Å²) in [6, 6.07) is 7.34. The lowest BCUT2D eigenvalue weighted by atomic mass is 10.3. The molecular weight excluding hydrogens is 471 g/mol. The molecule has 1 amide bonds. The van der Waals surface area contributed by atoms with E-state index in [0.29, 0.717) is 18.8 Å². The van der Waals surface area contributed by atoms with Crippen LogP contribution in [-0.4, -0.2) is 60.9 Å². The molecule has 1 aliphatic heterocycles. The van der Waals surface area contributed by atoms with Crippen LogP contribution in [0, 0.1) is 0 Å². The molecule has 8 heteroatoms. The standard InChI is InChI=1S/C20H28N4O3.HI/c1-2-3-9-21-20(22-10-8-17-6-4-15-26-17)24-13-11-23(12-14-24)19(25)18-7-5-16-27-18;/h4-7,15-16H,2-3,8-14H2,1H3,(H,21,22);1H. The van der Waals surface area contributed by atoms with Gasteiger partial charge in [-0.2, -0.15) is 0 Å². The maximum atomic E-state index is 12.4. The first-order valence-corrected chi connectivity index (χ1v) is 9.66. The average Bonchev–Trinajstić information content (AvgIpc) is 3.41. The molecule has 1 N–H and O–H groups in total. The van der Waals surface area contributed by atoms with Gasteiger partial charge >= 0.3 is 0 Å². The zero-order chi connectivity index (χ0) is 18.9. The van der Waals surface area contributed by atoms with Gasteiger partial charge in [-0.25, -0.2) is 0 Å². The van der Waals surface area contributed by atoms with Crippen molar-refractivity contribution in [3.8, 4) is 0 Å². The highest BCUT2D eigenvalue weighted by Gasteiger charge is 2.25. The summed E-state index contributed by atoms with van der Waals surface area (Å²) >= 11 is 0. The molecule has 1 aliphatic rings. The van der Waals surface area contributed by atoms with Crippen molar-refractivity contribution in [3.63, 3.8) is 0 Å². The molecule has 0 bridgehead atoms. The molecule has 1 saturated heterocycles. The summed E-state index contributed by atoms with van der Waals surface area (Å²) in [5.41, 5.74) is 0. The highest BCUT2D eigenvalue weighted by Crippen LogP contribution is 2.10. The van der Waals surface area contributed by atoms with Crippen LogP contribution in [0.2, 0.25) is 0 Å². The summed E-state index contributed by atoms with van der Waals surface area (Å²) in [7, 11) is 0. The zero-order valence-electron chi connectivity index (χ0n) is 16.3. The molecule has 28 heavy (non-hydrogen) atoms. The molecule has 0 radical (unpaired) electrons. The number of carbonyl (C=O) groups is 1. The Kier molecular flexibility index (Phi) is 9.39. The summed E-state index contributed by atoms with van der Waals surface area (Å²) in [4.78, 5) is 21.2. The van der Waals surface area contributed by atoms with Gasteiger partial charge in [-0.3, -0.25) is 9.79 Å². The Bertz CT molecular complexity index is 708. The van der Waals surface area contributed by atoms with E-state index >= 15 is 0 Å². The van der Waals surface area contributed by atoms with Gasteiger partial charge in [0.1, 0.15) is 5.76 Å². The van der Waals surface area contributed by atoms with Crippen LogP contribution >= 0.6 is 24.0 Å². The van der Waals surface area contributed by atoms with Crippen LogP contribution in [0.5, 0.6) is 0 Å². The van der Waals surface area contributed by atoms with Crippen molar-refractivity contribution in [1.82, 2.24) is 15.1 Å². The van der Waals surface area contributed by atoms with Crippen molar-refractivity contribution in [2.75, 3.05) is 39.3 Å². The molecule has 0 atom stereocenters. The maximum Gasteiger partial charge on any atom is 0.289 e. The van der Waals surface area contributed by atoms with Crippen molar-refractivity contribution in [1.29, 1.82) is 0 Å². The minimum absolute atomic E-state index is 0. The Hall–Kier alpha value is -1.97. The van der Waals surface area contributed by atoms with Crippen LogP contribution in [-0.2, 0) is 6.42 Å². The van der Waals surface area contributed by atoms with Gasteiger partial charge in [-0.1, -0.05) is 13.3 Å². The quantitative estimate of drug-likeness (QED) is 0.274. The maximum absolute atomic E-state index is 12.4. The Morgan fingerprint density at radius 3 is 2.46 bits per heavy atom. The molecule has 3 heterocycles. The Balaban J connectivity index is 0.00000280. The third-order valence-electron chi connectivity index (χ3n) is 4.61. The average molecular weight is 500 g/mol. The van der Waals surface area contributed by atoms with Gasteiger partial charge in [-0.15, -0.1) is 24.0 Å². The SMILES string of the molecule is CCCCN=C(NCCc1ccco1)N1CCN(C(=O)c2ccco2)CC1.I. The number of hydrogen-bond acceptors (Lipinski definition) is 4. The number of carbonyl (C=O) groups excluding carboxylic acids is 1. The van der Waals surface area contributed by atoms with Crippen LogP contribution in [0.25, 0.3) is 0 Å². The van der Waals surface area contributed by atoms with E-state index in [0.717, 1.165) is 57.2 Å². The highest BCUT2D eigenvalue weighted by molar-refractivity contribution is 14.0. The van der Waals surface area contributed by atoms with Gasteiger partial charge in [0.05, 0.1) is 12.5 Å². The number of piperazine rings is 1. The van der Waals surface area contributed by atoms with Crippen molar-refractivity contribution in [2.45, 2.75) is 26.2 Å². The molecule has 2 aromatic heterocycles. The summed E-state index contributed by atoms with van der Waals surface area (Å²) in [5, 5.41) is 3.45. The first-order chi connectivity index (χ1) is 13.3. The first kappa shape index (κ1) is 22.3. The van der Waals surface area contributed by atoms with Crippen LogP contribution in [0.3, 0.4) is 0 Å². The lowest BCUT2D eigenvalue weighted by Gasteiger charge is -2.36. The smallest absolute Gasteiger partial charge is 0.289 e. The van der Waals surface area contributed by atoms with E-state index in [-0.39, 0.29) is 29.9 Å². The molecular formula is C20H29IN4O3. The normalized spacial score (nSPS) is 14.7. The van der Waals surface area contributed by atoms with Gasteiger partial charge in [0.2, 0.25) is 0 Å². The summed E-state index contributed by atoms with van der Waals surface area (Å²) in [6.45, 7) is 6.57. The van der Waals surface area contributed by atoms with Crippen LogP contribution < -0.4 is 5.32 Å². The molecule has 3 rings (SSSR count). The Morgan fingerprint density at radius 1 is 1.11 bits per heavy atom. The van der Waals surface area contributed by atoms with E-state index in [9.17, 15) is 4.79 Å². The number of amides is 1. The number of nitrogens with zero attached hydrogens (tertiary/aromatic N) is 3. The second kappa shape index (κ2) is 11.8. The molecule has 154 valence electrons. The van der Waals surface area contributed by atoms with Crippen molar-refractivity contribution >= 4 is 35.8 Å². The fourth-order valence-corrected chi connectivity index (χ4v) is 3.04. The minimum Gasteiger partial charge on any atom is -0.469 e. The third kappa shape index (κ3) is 6.29. The highest BCUT2D eigenvalue weighted by atomic mass is 127. The Morgan fingerprint density at radius 2 is 1.82 bits per heavy atom. The topological polar surface area (TPSA) is 74.2 Å². The molecule has 2 aromatic rings. The van der Waals surface area contributed by atoms with Gasteiger partial charge in [-0.05, 0) is 30.7 Å². The lowest BCUT2D eigenvalue weighted by Crippen LogP contribution is -2.54. The predicted octanol–water partition coefficient (Wildman–Crippen LogP) is 3.24. The molecule has 7 nitrogen and oxygen atoms in total. The number of nitrogens with one attached hydrogen (secondary N) is 1. The number of guanidine groups is 1. The number of aliphatic imine (C=N–C) groups is 1. The number of halogens is 1. The van der Waals surface area contributed by atoms with E-state index in [4.69, 9.17) is 13.8 Å². The van der Waals surface area contributed by atoms with E-state index < -0.39 is 0 Å². The molecule has 0 saturated carbocycles. The predicted molar refractivity (Wildman–Crippen MR) is 119 cm³/mol. The van der Waals surface area contributed by atoms with E-state index in [2.05, 4.69) is 17.1 Å². The largest absolute Gasteiger partial charge is 0.469 e. The minimum atomic E-state index is -0.0464. The zero-order valence-corrected chi connectivity index (χ0v) is 18.6. The number of hydrogen-bond donors (Lipinski definition) is 1. The number of unbranched alkanes of at least 4 members (excludes halogenated alkanes) is 1. The lowest BCUT2D eigenvalue weighted by molar-refractivity contribution is 0.0657. The molecule has 1 fully saturated rings. The van der Waals surface area contributed by atoms with Gasteiger partial charge in [0, 0.05) is 45.7 Å². The van der Waals surface area contributed by atoms with Crippen LogP contribution in [0.4, 0.5) is 0 Å².